The van der Waals surface area contributed by atoms with Crippen molar-refractivity contribution in [3.63, 3.8) is 0 Å². The Hall–Kier alpha value is -2.62. The number of aromatic hydroxyl groups is 1. The lowest BCUT2D eigenvalue weighted by Crippen LogP contribution is -2.20. The van der Waals surface area contributed by atoms with Crippen LogP contribution in [0, 0.1) is 0 Å². The number of phenolic OH excluding ortho intramolecular Hbond substituents is 1. The lowest BCUT2D eigenvalue weighted by molar-refractivity contribution is 0.0954. The molecule has 2 aromatic rings. The summed E-state index contributed by atoms with van der Waals surface area (Å²) in [4.78, 5) is 12.1. The van der Waals surface area contributed by atoms with Crippen LogP contribution in [0.1, 0.15) is 42.1 Å². The number of benzene rings is 2. The van der Waals surface area contributed by atoms with Crippen LogP contribution in [0.2, 0.25) is 0 Å². The van der Waals surface area contributed by atoms with Gasteiger partial charge in [0.1, 0.15) is 5.75 Å². The molecule has 4 nitrogen and oxygen atoms in total. The smallest absolute Gasteiger partial charge is 0.271 e. The van der Waals surface area contributed by atoms with Crippen LogP contribution in [-0.4, -0.2) is 16.7 Å². The van der Waals surface area contributed by atoms with Crippen molar-refractivity contribution in [2.75, 3.05) is 0 Å². The summed E-state index contributed by atoms with van der Waals surface area (Å²) in [6, 6.07) is 16.0. The molecule has 0 spiro atoms. The van der Waals surface area contributed by atoms with Crippen molar-refractivity contribution < 1.29 is 9.90 Å². The van der Waals surface area contributed by atoms with E-state index in [2.05, 4.69) is 17.5 Å². The summed E-state index contributed by atoms with van der Waals surface area (Å²) in [7, 11) is 0. The van der Waals surface area contributed by atoms with Crippen LogP contribution in [0.5, 0.6) is 5.75 Å². The van der Waals surface area contributed by atoms with Gasteiger partial charge in [0.15, 0.2) is 0 Å². The monoisotopic (exact) mass is 296 g/mol. The van der Waals surface area contributed by atoms with Crippen molar-refractivity contribution in [1.82, 2.24) is 5.43 Å². The van der Waals surface area contributed by atoms with Gasteiger partial charge >= 0.3 is 0 Å². The summed E-state index contributed by atoms with van der Waals surface area (Å²) < 4.78 is 0. The van der Waals surface area contributed by atoms with E-state index in [9.17, 15) is 9.90 Å². The Balaban J connectivity index is 2.14. The fraction of sp³-hybridized carbons (Fsp3) is 0.222. The molecule has 0 aromatic heterocycles. The number of carbonyl (C=O) groups excluding carboxylic acids is 1. The maximum Gasteiger partial charge on any atom is 0.271 e. The first kappa shape index (κ1) is 15.8. The van der Waals surface area contributed by atoms with Crippen molar-refractivity contribution in [3.8, 4) is 5.75 Å². The van der Waals surface area contributed by atoms with Crippen molar-refractivity contribution in [3.05, 3.63) is 65.7 Å². The van der Waals surface area contributed by atoms with Gasteiger partial charge in [0.25, 0.3) is 5.91 Å². The largest absolute Gasteiger partial charge is 0.508 e. The van der Waals surface area contributed by atoms with Gasteiger partial charge in [-0.2, -0.15) is 5.10 Å². The van der Waals surface area contributed by atoms with Crippen molar-refractivity contribution in [1.29, 1.82) is 0 Å². The number of nitrogens with zero attached hydrogens (tertiary/aromatic N) is 1. The molecule has 0 fully saturated rings. The van der Waals surface area contributed by atoms with E-state index in [0.717, 1.165) is 30.5 Å². The number of unbranched alkanes of at least 4 members (excludes halogenated alkanes) is 1. The summed E-state index contributed by atoms with van der Waals surface area (Å²) >= 11 is 0. The van der Waals surface area contributed by atoms with Crippen LogP contribution in [0.25, 0.3) is 0 Å². The standard InChI is InChI=1S/C18H20N2O2/c1-2-3-12-17(14-8-5-4-6-9-14)19-20-18(22)15-10-7-11-16(21)13-15/h4-11,13,21H,2-3,12H2,1H3,(H,20,22)/b19-17-. The van der Waals surface area contributed by atoms with Gasteiger partial charge in [-0.1, -0.05) is 49.7 Å². The zero-order valence-corrected chi connectivity index (χ0v) is 12.6. The van der Waals surface area contributed by atoms with Gasteiger partial charge in [0.05, 0.1) is 5.71 Å². The van der Waals surface area contributed by atoms with Gasteiger partial charge in [-0.15, -0.1) is 0 Å². The molecule has 0 bridgehead atoms. The summed E-state index contributed by atoms with van der Waals surface area (Å²) in [6.07, 6.45) is 2.88. The summed E-state index contributed by atoms with van der Waals surface area (Å²) in [5.41, 5.74) is 4.82. The SMILES string of the molecule is CCCC/C(=N/NC(=O)c1cccc(O)c1)c1ccccc1. The minimum absolute atomic E-state index is 0.0610. The van der Waals surface area contributed by atoms with Crippen LogP contribution < -0.4 is 5.43 Å². The number of hydrazone groups is 1. The number of amides is 1. The lowest BCUT2D eigenvalue weighted by Gasteiger charge is -2.07. The minimum atomic E-state index is -0.333. The van der Waals surface area contributed by atoms with Gasteiger partial charge in [-0.05, 0) is 36.6 Å². The molecule has 0 radical (unpaired) electrons. The van der Waals surface area contributed by atoms with E-state index in [1.807, 2.05) is 30.3 Å². The van der Waals surface area contributed by atoms with Crippen LogP contribution in [0.3, 0.4) is 0 Å². The van der Waals surface area contributed by atoms with E-state index in [1.54, 1.807) is 12.1 Å². The Morgan fingerprint density at radius 1 is 1.09 bits per heavy atom. The third-order valence-corrected chi connectivity index (χ3v) is 3.27. The van der Waals surface area contributed by atoms with E-state index in [-0.39, 0.29) is 11.7 Å². The number of nitrogens with one attached hydrogen (secondary N) is 1. The molecular weight excluding hydrogens is 276 g/mol. The quantitative estimate of drug-likeness (QED) is 0.630. The molecule has 22 heavy (non-hydrogen) atoms. The van der Waals surface area contributed by atoms with Crippen LogP contribution >= 0.6 is 0 Å². The first-order valence-corrected chi connectivity index (χ1v) is 7.42. The molecule has 0 saturated heterocycles. The van der Waals surface area contributed by atoms with Gasteiger partial charge in [0.2, 0.25) is 0 Å². The highest BCUT2D eigenvalue weighted by Gasteiger charge is 2.07. The molecule has 0 atom stereocenters. The maximum atomic E-state index is 12.1. The third-order valence-electron chi connectivity index (χ3n) is 3.27. The zero-order valence-electron chi connectivity index (χ0n) is 12.6. The number of hydrogen-bond donors (Lipinski definition) is 2. The molecule has 0 heterocycles. The fourth-order valence-corrected chi connectivity index (χ4v) is 2.07. The number of carbonyl (C=O) groups is 1. The number of rotatable bonds is 6. The van der Waals surface area contributed by atoms with Gasteiger partial charge in [0, 0.05) is 5.56 Å². The Morgan fingerprint density at radius 3 is 2.50 bits per heavy atom. The molecule has 114 valence electrons. The lowest BCUT2D eigenvalue weighted by atomic mass is 10.1. The molecular formula is C18H20N2O2. The molecule has 2 rings (SSSR count). The second-order valence-corrected chi connectivity index (χ2v) is 5.02. The Kier molecular flexibility index (Phi) is 5.72. The minimum Gasteiger partial charge on any atom is -0.508 e. The molecule has 2 N–H and O–H groups in total. The van der Waals surface area contributed by atoms with Gasteiger partial charge in [-0.3, -0.25) is 4.79 Å². The summed E-state index contributed by atoms with van der Waals surface area (Å²) in [6.45, 7) is 2.12. The molecule has 0 aliphatic carbocycles. The third kappa shape index (κ3) is 4.45. The summed E-state index contributed by atoms with van der Waals surface area (Å²) in [5, 5.41) is 13.7. The molecule has 0 aliphatic rings. The predicted molar refractivity (Wildman–Crippen MR) is 88.1 cm³/mol. The Bertz CT molecular complexity index is 651. The maximum absolute atomic E-state index is 12.1. The molecule has 4 heteroatoms. The molecule has 0 saturated carbocycles. The zero-order chi connectivity index (χ0) is 15.8. The number of hydrogen-bond acceptors (Lipinski definition) is 3. The highest BCUT2D eigenvalue weighted by atomic mass is 16.3. The first-order chi connectivity index (χ1) is 10.7. The van der Waals surface area contributed by atoms with E-state index in [0.29, 0.717) is 5.56 Å². The van der Waals surface area contributed by atoms with E-state index >= 15 is 0 Å². The van der Waals surface area contributed by atoms with Crippen molar-refractivity contribution in [2.24, 2.45) is 5.10 Å². The van der Waals surface area contributed by atoms with Crippen LogP contribution in [0.15, 0.2) is 59.7 Å². The topological polar surface area (TPSA) is 61.7 Å². The average molecular weight is 296 g/mol. The first-order valence-electron chi connectivity index (χ1n) is 7.42. The summed E-state index contributed by atoms with van der Waals surface area (Å²) in [5.74, 6) is -0.272. The van der Waals surface area contributed by atoms with E-state index < -0.39 is 0 Å². The highest BCUT2D eigenvalue weighted by molar-refractivity contribution is 6.02. The van der Waals surface area contributed by atoms with Crippen LogP contribution in [0.4, 0.5) is 0 Å². The molecule has 0 unspecified atom stereocenters. The average Bonchev–Trinajstić information content (AvgIpc) is 2.55. The van der Waals surface area contributed by atoms with Crippen molar-refractivity contribution >= 4 is 11.6 Å². The molecule has 0 aliphatic heterocycles. The normalized spacial score (nSPS) is 11.2. The van der Waals surface area contributed by atoms with Crippen LogP contribution in [-0.2, 0) is 0 Å². The Morgan fingerprint density at radius 2 is 1.82 bits per heavy atom. The van der Waals surface area contributed by atoms with Crippen molar-refractivity contribution in [2.45, 2.75) is 26.2 Å². The molecule has 1 amide bonds. The Labute approximate surface area is 130 Å². The van der Waals surface area contributed by atoms with E-state index in [4.69, 9.17) is 0 Å². The highest BCUT2D eigenvalue weighted by Crippen LogP contribution is 2.11. The molecule has 2 aromatic carbocycles. The fourth-order valence-electron chi connectivity index (χ4n) is 2.07. The predicted octanol–water partition coefficient (Wildman–Crippen LogP) is 3.72. The van der Waals surface area contributed by atoms with E-state index in [1.165, 1.54) is 12.1 Å². The number of phenols is 1. The second-order valence-electron chi connectivity index (χ2n) is 5.02. The van der Waals surface area contributed by atoms with Gasteiger partial charge < -0.3 is 5.11 Å². The second kappa shape index (κ2) is 7.98. The van der Waals surface area contributed by atoms with Gasteiger partial charge in [-0.25, -0.2) is 5.43 Å².